The molecule has 1 atom stereocenters. The summed E-state index contributed by atoms with van der Waals surface area (Å²) in [5, 5.41) is 1.74. The van der Waals surface area contributed by atoms with Crippen LogP contribution in [-0.4, -0.2) is 21.2 Å². The smallest absolute Gasteiger partial charge is 0.319 e. The average Bonchev–Trinajstić information content (AvgIpc) is 3.06. The van der Waals surface area contributed by atoms with Crippen LogP contribution < -0.4 is 0 Å². The zero-order chi connectivity index (χ0) is 17.9. The Morgan fingerprint density at radius 2 is 2.04 bits per heavy atom. The summed E-state index contributed by atoms with van der Waals surface area (Å²) in [6.45, 7) is 2.18. The first-order valence-corrected chi connectivity index (χ1v) is 10.5. The van der Waals surface area contributed by atoms with Crippen LogP contribution in [-0.2, 0) is 29.0 Å². The number of aryl methyl sites for hydroxylation is 2. The molecule has 1 aromatic carbocycles. The van der Waals surface area contributed by atoms with Gasteiger partial charge in [-0.2, -0.15) is 0 Å². The first-order chi connectivity index (χ1) is 12.7. The number of thioether (sulfide) groups is 1. The largest absolute Gasteiger partial charge is 0.460 e. The number of carbonyl (C=O) groups excluding carboxylic acids is 1. The van der Waals surface area contributed by atoms with Gasteiger partial charge in [0.05, 0.1) is 0 Å². The highest BCUT2D eigenvalue weighted by molar-refractivity contribution is 8.00. The van der Waals surface area contributed by atoms with Crippen molar-refractivity contribution in [3.8, 4) is 0 Å². The van der Waals surface area contributed by atoms with E-state index in [9.17, 15) is 4.79 Å². The van der Waals surface area contributed by atoms with Gasteiger partial charge in [0, 0.05) is 10.3 Å². The Bertz CT molecular complexity index is 924. The lowest BCUT2D eigenvalue weighted by Gasteiger charge is -2.13. The number of aromatic nitrogens is 2. The predicted octanol–water partition coefficient (Wildman–Crippen LogP) is 4.79. The SMILES string of the molecule is C[C@@H](Sc1ncnc2sc3c(c12)CCCC3)C(=O)OCc1ccccc1. The first kappa shape index (κ1) is 17.5. The van der Waals surface area contributed by atoms with E-state index < -0.39 is 0 Å². The molecule has 4 rings (SSSR count). The number of nitrogens with zero attached hydrogens (tertiary/aromatic N) is 2. The Kier molecular flexibility index (Phi) is 5.22. The Hall–Kier alpha value is -1.92. The normalized spacial score (nSPS) is 14.8. The minimum absolute atomic E-state index is 0.213. The Labute approximate surface area is 161 Å². The molecule has 3 aromatic rings. The van der Waals surface area contributed by atoms with Gasteiger partial charge in [0.25, 0.3) is 0 Å². The summed E-state index contributed by atoms with van der Waals surface area (Å²) in [5.41, 5.74) is 2.39. The first-order valence-electron chi connectivity index (χ1n) is 8.85. The molecule has 134 valence electrons. The van der Waals surface area contributed by atoms with Crippen LogP contribution in [0.25, 0.3) is 10.2 Å². The number of esters is 1. The summed E-state index contributed by atoms with van der Waals surface area (Å²) in [7, 11) is 0. The highest BCUT2D eigenvalue weighted by Gasteiger charge is 2.23. The molecule has 0 N–H and O–H groups in total. The Balaban J connectivity index is 1.49. The number of thiophene rings is 1. The third-order valence-electron chi connectivity index (χ3n) is 4.56. The minimum Gasteiger partial charge on any atom is -0.460 e. The van der Waals surface area contributed by atoms with Gasteiger partial charge in [-0.3, -0.25) is 4.79 Å². The highest BCUT2D eigenvalue weighted by Crippen LogP contribution is 2.40. The fraction of sp³-hybridized carbons (Fsp3) is 0.350. The monoisotopic (exact) mass is 384 g/mol. The second kappa shape index (κ2) is 7.76. The maximum atomic E-state index is 12.4. The molecule has 0 unspecified atom stereocenters. The van der Waals surface area contributed by atoms with E-state index in [2.05, 4.69) is 9.97 Å². The average molecular weight is 385 g/mol. The van der Waals surface area contributed by atoms with Crippen molar-refractivity contribution in [2.24, 2.45) is 0 Å². The summed E-state index contributed by atoms with van der Waals surface area (Å²) < 4.78 is 5.47. The molecule has 1 aliphatic carbocycles. The second-order valence-corrected chi connectivity index (χ2v) is 8.84. The number of carbonyl (C=O) groups is 1. The lowest BCUT2D eigenvalue weighted by Crippen LogP contribution is -2.17. The standard InChI is InChI=1S/C20H20N2O2S2/c1-13(20(23)24-11-14-7-3-2-4-8-14)25-18-17-15-9-5-6-10-16(15)26-19(17)22-12-21-18/h2-4,7-8,12-13H,5-6,9-11H2,1H3/t13-/m1/s1. The number of hydrogen-bond donors (Lipinski definition) is 0. The van der Waals surface area contributed by atoms with Gasteiger partial charge >= 0.3 is 5.97 Å². The van der Waals surface area contributed by atoms with Gasteiger partial charge in [0.15, 0.2) is 0 Å². The fourth-order valence-corrected chi connectivity index (χ4v) is 5.45. The van der Waals surface area contributed by atoms with Crippen molar-refractivity contribution in [2.75, 3.05) is 0 Å². The van der Waals surface area contributed by atoms with Crippen molar-refractivity contribution >= 4 is 39.3 Å². The van der Waals surface area contributed by atoms with Crippen LogP contribution in [0.2, 0.25) is 0 Å². The summed E-state index contributed by atoms with van der Waals surface area (Å²) >= 11 is 3.25. The lowest BCUT2D eigenvalue weighted by molar-refractivity contribution is -0.143. The van der Waals surface area contributed by atoms with Crippen LogP contribution in [0.4, 0.5) is 0 Å². The molecule has 0 fully saturated rings. The van der Waals surface area contributed by atoms with Crippen molar-refractivity contribution in [1.82, 2.24) is 9.97 Å². The van der Waals surface area contributed by atoms with Gasteiger partial charge in [-0.05, 0) is 43.7 Å². The summed E-state index contributed by atoms with van der Waals surface area (Å²) in [6.07, 6.45) is 6.29. The maximum Gasteiger partial charge on any atom is 0.319 e. The topological polar surface area (TPSA) is 52.1 Å². The molecule has 0 amide bonds. The molecule has 2 aromatic heterocycles. The number of benzene rings is 1. The number of hydrogen-bond acceptors (Lipinski definition) is 6. The third-order valence-corrected chi connectivity index (χ3v) is 6.84. The van der Waals surface area contributed by atoms with Gasteiger partial charge in [-0.25, -0.2) is 9.97 Å². The molecule has 0 spiro atoms. The van der Waals surface area contributed by atoms with E-state index in [1.165, 1.54) is 35.0 Å². The van der Waals surface area contributed by atoms with Crippen LogP contribution in [0.1, 0.15) is 35.8 Å². The second-order valence-electron chi connectivity index (χ2n) is 6.42. The number of ether oxygens (including phenoxy) is 1. The maximum absolute atomic E-state index is 12.4. The van der Waals surface area contributed by atoms with E-state index in [1.54, 1.807) is 17.7 Å². The summed E-state index contributed by atoms with van der Waals surface area (Å²) in [4.78, 5) is 23.8. The van der Waals surface area contributed by atoms with Crippen molar-refractivity contribution in [3.05, 3.63) is 52.7 Å². The molecular weight excluding hydrogens is 364 g/mol. The molecule has 4 nitrogen and oxygen atoms in total. The van der Waals surface area contributed by atoms with E-state index in [1.807, 2.05) is 37.3 Å². The molecular formula is C20H20N2O2S2. The molecule has 1 aliphatic rings. The molecule has 0 saturated heterocycles. The quantitative estimate of drug-likeness (QED) is 0.359. The van der Waals surface area contributed by atoms with Crippen LogP contribution >= 0.6 is 23.1 Å². The predicted molar refractivity (Wildman–Crippen MR) is 106 cm³/mol. The molecule has 0 saturated carbocycles. The summed E-state index contributed by atoms with van der Waals surface area (Å²) in [5.74, 6) is -0.213. The van der Waals surface area contributed by atoms with Crippen molar-refractivity contribution in [3.63, 3.8) is 0 Å². The van der Waals surface area contributed by atoms with Gasteiger partial charge in [-0.15, -0.1) is 11.3 Å². The molecule has 2 heterocycles. The Morgan fingerprint density at radius 1 is 1.23 bits per heavy atom. The van der Waals surface area contributed by atoms with Crippen LogP contribution in [0.5, 0.6) is 0 Å². The van der Waals surface area contributed by atoms with Crippen LogP contribution in [0.15, 0.2) is 41.7 Å². The molecule has 0 bridgehead atoms. The van der Waals surface area contributed by atoms with Gasteiger partial charge in [0.2, 0.25) is 0 Å². The van der Waals surface area contributed by atoms with Gasteiger partial charge < -0.3 is 4.74 Å². The van der Waals surface area contributed by atoms with Gasteiger partial charge in [-0.1, -0.05) is 42.1 Å². The fourth-order valence-electron chi connectivity index (χ4n) is 3.21. The van der Waals surface area contributed by atoms with Crippen LogP contribution in [0.3, 0.4) is 0 Å². The molecule has 0 aliphatic heterocycles. The van der Waals surface area contributed by atoms with E-state index >= 15 is 0 Å². The zero-order valence-corrected chi connectivity index (χ0v) is 16.2. The van der Waals surface area contributed by atoms with E-state index in [4.69, 9.17) is 4.74 Å². The minimum atomic E-state index is -0.309. The van der Waals surface area contributed by atoms with E-state index in [0.717, 1.165) is 33.6 Å². The molecule has 0 radical (unpaired) electrons. The number of fused-ring (bicyclic) bond motifs is 3. The van der Waals surface area contributed by atoms with Crippen molar-refractivity contribution in [2.45, 2.75) is 49.5 Å². The summed E-state index contributed by atoms with van der Waals surface area (Å²) in [6, 6.07) is 9.75. The highest BCUT2D eigenvalue weighted by atomic mass is 32.2. The van der Waals surface area contributed by atoms with Crippen LogP contribution in [0, 0.1) is 0 Å². The van der Waals surface area contributed by atoms with E-state index in [-0.39, 0.29) is 11.2 Å². The lowest BCUT2D eigenvalue weighted by atomic mass is 9.97. The van der Waals surface area contributed by atoms with Gasteiger partial charge in [0.1, 0.15) is 28.0 Å². The molecule has 6 heteroatoms. The Morgan fingerprint density at radius 3 is 2.88 bits per heavy atom. The third kappa shape index (κ3) is 3.62. The molecule has 26 heavy (non-hydrogen) atoms. The van der Waals surface area contributed by atoms with Crippen molar-refractivity contribution in [1.29, 1.82) is 0 Å². The van der Waals surface area contributed by atoms with Crippen molar-refractivity contribution < 1.29 is 9.53 Å². The zero-order valence-electron chi connectivity index (χ0n) is 14.6. The number of rotatable bonds is 5. The van der Waals surface area contributed by atoms with E-state index in [0.29, 0.717) is 6.61 Å².